The van der Waals surface area contributed by atoms with E-state index in [0.29, 0.717) is 0 Å². The highest BCUT2D eigenvalue weighted by molar-refractivity contribution is 8.06. The van der Waals surface area contributed by atoms with E-state index in [1.807, 2.05) is 0 Å². The molecule has 0 radical (unpaired) electrons. The van der Waals surface area contributed by atoms with Gasteiger partial charge in [-0.15, -0.1) is 0 Å². The average Bonchev–Trinajstić information content (AvgIpc) is 3.00. The van der Waals surface area contributed by atoms with E-state index < -0.39 is 55.7 Å². The highest BCUT2D eigenvalue weighted by Crippen LogP contribution is 2.42. The van der Waals surface area contributed by atoms with Gasteiger partial charge in [0.25, 0.3) is 0 Å². The zero-order chi connectivity index (χ0) is 19.2. The molecule has 25 heavy (non-hydrogen) atoms. The summed E-state index contributed by atoms with van der Waals surface area (Å²) in [6.45, 7) is 0.505. The molecule has 0 spiro atoms. The summed E-state index contributed by atoms with van der Waals surface area (Å²) in [7, 11) is -4.43. The summed E-state index contributed by atoms with van der Waals surface area (Å²) >= 11 is 0. The maximum Gasteiger partial charge on any atom is 0.435 e. The molecule has 2 rings (SSSR count). The Morgan fingerprint density at radius 2 is 1.92 bits per heavy atom. The lowest BCUT2D eigenvalue weighted by molar-refractivity contribution is -0.141. The molecule has 0 aliphatic carbocycles. The van der Waals surface area contributed by atoms with Crippen molar-refractivity contribution in [3.63, 3.8) is 0 Å². The number of halogens is 5. The molecule has 7 nitrogen and oxygen atoms in total. The molecule has 0 saturated heterocycles. The minimum Gasteiger partial charge on any atom is -0.417 e. The third kappa shape index (κ3) is 3.85. The zero-order valence-corrected chi connectivity index (χ0v) is 14.0. The highest BCUT2D eigenvalue weighted by Gasteiger charge is 2.46. The molecule has 1 aliphatic rings. The Morgan fingerprint density at radius 3 is 2.36 bits per heavy atom. The van der Waals surface area contributed by atoms with Crippen LogP contribution in [-0.4, -0.2) is 35.9 Å². The normalized spacial score (nSPS) is 18.8. The van der Waals surface area contributed by atoms with Crippen molar-refractivity contribution < 1.29 is 39.9 Å². The fourth-order valence-electron chi connectivity index (χ4n) is 2.22. The van der Waals surface area contributed by atoms with Gasteiger partial charge in [-0.1, -0.05) is 5.16 Å². The largest absolute Gasteiger partial charge is 0.435 e. The standard InChI is InChI=1S/C12H14F5N3O4S/c1-5(25(21,22)6-4-11(2,3)24-20-6)7-8(12(15,16)17)18-19-9(7)23-10(13)14/h5,10H,4H2,1-3H3,(H,18,19). The van der Waals surface area contributed by atoms with Crippen LogP contribution in [0.3, 0.4) is 0 Å². The quantitative estimate of drug-likeness (QED) is 0.797. The lowest BCUT2D eigenvalue weighted by atomic mass is 10.1. The van der Waals surface area contributed by atoms with Crippen LogP contribution in [0.25, 0.3) is 0 Å². The minimum atomic E-state index is -5.08. The number of nitrogens with one attached hydrogen (secondary N) is 1. The van der Waals surface area contributed by atoms with E-state index in [-0.39, 0.29) is 6.42 Å². The molecule has 0 bridgehead atoms. The van der Waals surface area contributed by atoms with Gasteiger partial charge in [0.15, 0.2) is 10.7 Å². The van der Waals surface area contributed by atoms with Crippen LogP contribution >= 0.6 is 0 Å². The number of hydrogen-bond acceptors (Lipinski definition) is 6. The molecule has 0 amide bonds. The molecule has 0 aromatic carbocycles. The van der Waals surface area contributed by atoms with E-state index >= 15 is 0 Å². The molecule has 1 atom stereocenters. The number of nitrogens with zero attached hydrogens (tertiary/aromatic N) is 2. The number of alkyl halides is 5. The molecule has 1 aromatic heterocycles. The molecule has 1 N–H and O–H groups in total. The smallest absolute Gasteiger partial charge is 0.417 e. The van der Waals surface area contributed by atoms with Crippen molar-refractivity contribution >= 4 is 14.9 Å². The van der Waals surface area contributed by atoms with E-state index in [9.17, 15) is 30.4 Å². The van der Waals surface area contributed by atoms with Crippen LogP contribution in [0.4, 0.5) is 22.0 Å². The van der Waals surface area contributed by atoms with Crippen molar-refractivity contribution in [3.05, 3.63) is 11.3 Å². The predicted molar refractivity (Wildman–Crippen MR) is 74.8 cm³/mol. The number of aromatic nitrogens is 2. The van der Waals surface area contributed by atoms with E-state index in [0.717, 1.165) is 6.92 Å². The lowest BCUT2D eigenvalue weighted by Crippen LogP contribution is -2.26. The van der Waals surface area contributed by atoms with Crippen LogP contribution in [0.5, 0.6) is 5.88 Å². The molecule has 0 saturated carbocycles. The van der Waals surface area contributed by atoms with Gasteiger partial charge in [0.2, 0.25) is 15.7 Å². The average molecular weight is 391 g/mol. The van der Waals surface area contributed by atoms with Gasteiger partial charge in [-0.25, -0.2) is 13.5 Å². The second-order valence-electron chi connectivity index (χ2n) is 5.89. The van der Waals surface area contributed by atoms with Crippen LogP contribution in [0.1, 0.15) is 43.7 Å². The van der Waals surface area contributed by atoms with Crippen LogP contribution < -0.4 is 4.74 Å². The fourth-order valence-corrected chi connectivity index (χ4v) is 3.85. The van der Waals surface area contributed by atoms with Crippen molar-refractivity contribution in [2.24, 2.45) is 5.16 Å². The molecule has 1 aliphatic heterocycles. The van der Waals surface area contributed by atoms with Gasteiger partial charge >= 0.3 is 12.8 Å². The molecule has 13 heteroatoms. The summed E-state index contributed by atoms with van der Waals surface area (Å²) in [6.07, 6.45) is -5.25. The Balaban J connectivity index is 2.50. The van der Waals surface area contributed by atoms with E-state index in [2.05, 4.69) is 15.0 Å². The molecule has 142 valence electrons. The van der Waals surface area contributed by atoms with Crippen molar-refractivity contribution in [2.75, 3.05) is 0 Å². The molecule has 2 heterocycles. The maximum absolute atomic E-state index is 13.1. The molecule has 1 aromatic rings. The predicted octanol–water partition coefficient (Wildman–Crippen LogP) is 3.02. The summed E-state index contributed by atoms with van der Waals surface area (Å²) in [5, 5.41) is 5.57. The van der Waals surface area contributed by atoms with Crippen LogP contribution in [0, 0.1) is 0 Å². The van der Waals surface area contributed by atoms with Gasteiger partial charge in [0, 0.05) is 6.42 Å². The summed E-state index contributed by atoms with van der Waals surface area (Å²) in [6, 6.07) is 0. The summed E-state index contributed by atoms with van der Waals surface area (Å²) in [5.74, 6) is -1.07. The topological polar surface area (TPSA) is 93.6 Å². The molecular formula is C12H14F5N3O4S. The van der Waals surface area contributed by atoms with Gasteiger partial charge in [-0.2, -0.15) is 27.1 Å². The Labute approximate surface area is 139 Å². The zero-order valence-electron chi connectivity index (χ0n) is 13.2. The number of aromatic amines is 1. The molecule has 0 fully saturated rings. The van der Waals surface area contributed by atoms with Crippen LogP contribution in [0.15, 0.2) is 5.16 Å². The highest BCUT2D eigenvalue weighted by atomic mass is 32.2. The van der Waals surface area contributed by atoms with Crippen molar-refractivity contribution in [2.45, 2.75) is 50.8 Å². The number of rotatable bonds is 4. The van der Waals surface area contributed by atoms with Crippen molar-refractivity contribution in [1.82, 2.24) is 10.2 Å². The van der Waals surface area contributed by atoms with E-state index in [1.54, 1.807) is 5.10 Å². The first-order chi connectivity index (χ1) is 11.3. The van der Waals surface area contributed by atoms with Crippen LogP contribution in [-0.2, 0) is 20.9 Å². The first-order valence-corrected chi connectivity index (χ1v) is 8.39. The Morgan fingerprint density at radius 1 is 1.32 bits per heavy atom. The lowest BCUT2D eigenvalue weighted by Gasteiger charge is -2.17. The van der Waals surface area contributed by atoms with Gasteiger partial charge in [0.1, 0.15) is 5.60 Å². The number of H-pyrrole nitrogens is 1. The summed E-state index contributed by atoms with van der Waals surface area (Å²) in [4.78, 5) is 4.91. The number of hydrogen-bond donors (Lipinski definition) is 1. The number of oxime groups is 1. The SMILES string of the molecule is CC(c1c(C(F)(F)F)n[nH]c1OC(F)F)S(=O)(=O)C1=NOC(C)(C)C1. The van der Waals surface area contributed by atoms with Gasteiger partial charge < -0.3 is 9.57 Å². The van der Waals surface area contributed by atoms with Crippen LogP contribution in [0.2, 0.25) is 0 Å². The second kappa shape index (κ2) is 6.11. The Bertz CT molecular complexity index is 785. The van der Waals surface area contributed by atoms with Crippen molar-refractivity contribution in [1.29, 1.82) is 0 Å². The third-order valence-electron chi connectivity index (χ3n) is 3.42. The number of ether oxygens (including phenoxy) is 1. The monoisotopic (exact) mass is 391 g/mol. The first kappa shape index (κ1) is 19.4. The number of sulfone groups is 1. The van der Waals surface area contributed by atoms with Gasteiger partial charge in [-0.3, -0.25) is 0 Å². The summed E-state index contributed by atoms with van der Waals surface area (Å²) in [5.41, 5.74) is -3.65. The molecule has 1 unspecified atom stereocenters. The summed E-state index contributed by atoms with van der Waals surface area (Å²) < 4.78 is 93.2. The van der Waals surface area contributed by atoms with E-state index in [4.69, 9.17) is 4.84 Å². The van der Waals surface area contributed by atoms with Gasteiger partial charge in [-0.05, 0) is 20.8 Å². The van der Waals surface area contributed by atoms with Crippen molar-refractivity contribution in [3.8, 4) is 5.88 Å². The minimum absolute atomic E-state index is 0.177. The second-order valence-corrected chi connectivity index (χ2v) is 8.16. The maximum atomic E-state index is 13.1. The molecular weight excluding hydrogens is 377 g/mol. The first-order valence-electron chi connectivity index (χ1n) is 6.85. The Hall–Kier alpha value is -1.92. The van der Waals surface area contributed by atoms with Gasteiger partial charge in [0.05, 0.1) is 10.8 Å². The Kier molecular flexibility index (Phi) is 4.74. The third-order valence-corrected chi connectivity index (χ3v) is 5.46. The van der Waals surface area contributed by atoms with E-state index in [1.165, 1.54) is 13.8 Å². The fraction of sp³-hybridized carbons (Fsp3) is 0.667.